The molecule has 0 bridgehead atoms. The largest absolute Gasteiger partial charge is 0.483 e. The van der Waals surface area contributed by atoms with E-state index in [1.54, 1.807) is 12.4 Å². The molecule has 0 unspecified atom stereocenters. The Morgan fingerprint density at radius 2 is 2.14 bits per heavy atom. The second-order valence-corrected chi connectivity index (χ2v) is 7.26. The SMILES string of the molecule is CCCN1CCCN(C(=O)c2coc(COc3cccc4cnccc34)n2)CC1. The third-order valence-corrected chi connectivity index (χ3v) is 5.18. The molecule has 1 saturated heterocycles. The Morgan fingerprint density at radius 1 is 1.21 bits per heavy atom. The van der Waals surface area contributed by atoms with Gasteiger partial charge in [0.15, 0.2) is 12.3 Å². The number of hydrogen-bond acceptors (Lipinski definition) is 6. The standard InChI is InChI=1S/C22H26N4O3/c1-2-9-25-10-4-11-26(13-12-25)22(27)19-15-29-21(24-19)16-28-20-6-3-5-17-14-23-8-7-18(17)20/h3,5-8,14-15H,2,4,9-13,16H2,1H3. The van der Waals surface area contributed by atoms with Crippen molar-refractivity contribution < 1.29 is 13.9 Å². The first-order valence-corrected chi connectivity index (χ1v) is 10.2. The Bertz CT molecular complexity index is 966. The zero-order chi connectivity index (χ0) is 20.1. The van der Waals surface area contributed by atoms with Gasteiger partial charge in [0.05, 0.1) is 0 Å². The van der Waals surface area contributed by atoms with E-state index in [2.05, 4.69) is 21.8 Å². The molecule has 3 aromatic rings. The molecule has 0 spiro atoms. The normalized spacial score (nSPS) is 15.4. The van der Waals surface area contributed by atoms with E-state index in [-0.39, 0.29) is 12.5 Å². The molecule has 0 atom stereocenters. The Hall–Kier alpha value is -2.93. The number of carbonyl (C=O) groups is 1. The summed E-state index contributed by atoms with van der Waals surface area (Å²) in [5, 5.41) is 1.98. The fourth-order valence-electron chi connectivity index (χ4n) is 3.71. The number of rotatable bonds is 6. The molecular weight excluding hydrogens is 368 g/mol. The van der Waals surface area contributed by atoms with Gasteiger partial charge in [0, 0.05) is 42.8 Å². The molecular formula is C22H26N4O3. The molecule has 1 aliphatic heterocycles. The van der Waals surface area contributed by atoms with Crippen LogP contribution < -0.4 is 4.74 Å². The molecule has 152 valence electrons. The van der Waals surface area contributed by atoms with Crippen molar-refractivity contribution in [2.75, 3.05) is 32.7 Å². The number of aromatic nitrogens is 2. The molecule has 3 heterocycles. The molecule has 7 nitrogen and oxygen atoms in total. The van der Waals surface area contributed by atoms with Gasteiger partial charge in [0.2, 0.25) is 5.89 Å². The maximum atomic E-state index is 12.8. The van der Waals surface area contributed by atoms with Crippen molar-refractivity contribution in [3.05, 3.63) is 54.5 Å². The molecule has 1 aromatic carbocycles. The van der Waals surface area contributed by atoms with Crippen LogP contribution >= 0.6 is 0 Å². The minimum absolute atomic E-state index is 0.0745. The van der Waals surface area contributed by atoms with Crippen LogP contribution in [0.15, 0.2) is 47.3 Å². The molecule has 4 rings (SSSR count). The minimum Gasteiger partial charge on any atom is -0.483 e. The lowest BCUT2D eigenvalue weighted by Crippen LogP contribution is -2.35. The van der Waals surface area contributed by atoms with Gasteiger partial charge >= 0.3 is 0 Å². The van der Waals surface area contributed by atoms with Crippen LogP contribution in [0.4, 0.5) is 0 Å². The Labute approximate surface area is 170 Å². The number of pyridine rings is 1. The van der Waals surface area contributed by atoms with E-state index in [0.717, 1.165) is 62.1 Å². The first-order valence-electron chi connectivity index (χ1n) is 10.2. The lowest BCUT2D eigenvalue weighted by Gasteiger charge is -2.20. The topological polar surface area (TPSA) is 71.7 Å². The third-order valence-electron chi connectivity index (χ3n) is 5.18. The monoisotopic (exact) mass is 394 g/mol. The van der Waals surface area contributed by atoms with Crippen LogP contribution in [0.3, 0.4) is 0 Å². The molecule has 29 heavy (non-hydrogen) atoms. The highest BCUT2D eigenvalue weighted by atomic mass is 16.5. The van der Waals surface area contributed by atoms with E-state index in [1.165, 1.54) is 6.26 Å². The highest BCUT2D eigenvalue weighted by molar-refractivity contribution is 5.92. The lowest BCUT2D eigenvalue weighted by atomic mass is 10.1. The number of oxazole rings is 1. The van der Waals surface area contributed by atoms with Crippen molar-refractivity contribution >= 4 is 16.7 Å². The molecule has 0 N–H and O–H groups in total. The second-order valence-electron chi connectivity index (χ2n) is 7.26. The zero-order valence-electron chi connectivity index (χ0n) is 16.7. The van der Waals surface area contributed by atoms with E-state index >= 15 is 0 Å². The minimum atomic E-state index is -0.0745. The third kappa shape index (κ3) is 4.56. The number of benzene rings is 1. The zero-order valence-corrected chi connectivity index (χ0v) is 16.7. The summed E-state index contributed by atoms with van der Waals surface area (Å²) >= 11 is 0. The van der Waals surface area contributed by atoms with Gasteiger partial charge in [0.25, 0.3) is 5.91 Å². The molecule has 2 aromatic heterocycles. The molecule has 0 radical (unpaired) electrons. The molecule has 0 saturated carbocycles. The quantitative estimate of drug-likeness (QED) is 0.638. The molecule has 0 aliphatic carbocycles. The molecule has 1 fully saturated rings. The number of hydrogen-bond donors (Lipinski definition) is 0. The summed E-state index contributed by atoms with van der Waals surface area (Å²) in [5.74, 6) is 1.05. The van der Waals surface area contributed by atoms with Crippen LogP contribution in [-0.2, 0) is 6.61 Å². The first kappa shape index (κ1) is 19.4. The van der Waals surface area contributed by atoms with Gasteiger partial charge in [-0.3, -0.25) is 9.78 Å². The van der Waals surface area contributed by atoms with Gasteiger partial charge in [-0.2, -0.15) is 0 Å². The van der Waals surface area contributed by atoms with Crippen LogP contribution in [0, 0.1) is 0 Å². The second kappa shape index (κ2) is 9.05. The van der Waals surface area contributed by atoms with E-state index in [9.17, 15) is 4.79 Å². The number of amides is 1. The predicted molar refractivity (Wildman–Crippen MR) is 110 cm³/mol. The van der Waals surface area contributed by atoms with Gasteiger partial charge < -0.3 is 19.0 Å². The summed E-state index contributed by atoms with van der Waals surface area (Å²) in [6.45, 7) is 6.85. The Balaban J connectivity index is 1.38. The fraction of sp³-hybridized carbons (Fsp3) is 0.409. The summed E-state index contributed by atoms with van der Waals surface area (Å²) in [5.41, 5.74) is 0.342. The highest BCUT2D eigenvalue weighted by Crippen LogP contribution is 2.25. The number of ether oxygens (including phenoxy) is 1. The number of carbonyl (C=O) groups excluding carboxylic acids is 1. The van der Waals surface area contributed by atoms with Crippen molar-refractivity contribution in [2.45, 2.75) is 26.4 Å². The van der Waals surface area contributed by atoms with Crippen molar-refractivity contribution in [2.24, 2.45) is 0 Å². The molecule has 1 amide bonds. The van der Waals surface area contributed by atoms with E-state index in [1.807, 2.05) is 29.2 Å². The number of nitrogens with zero attached hydrogens (tertiary/aromatic N) is 4. The first-order chi connectivity index (χ1) is 14.2. The highest BCUT2D eigenvalue weighted by Gasteiger charge is 2.22. The van der Waals surface area contributed by atoms with Gasteiger partial charge in [-0.05, 0) is 38.1 Å². The fourth-order valence-corrected chi connectivity index (χ4v) is 3.71. The molecule has 7 heteroatoms. The van der Waals surface area contributed by atoms with Crippen LogP contribution in [0.25, 0.3) is 10.8 Å². The van der Waals surface area contributed by atoms with Crippen molar-refractivity contribution in [1.29, 1.82) is 0 Å². The summed E-state index contributed by atoms with van der Waals surface area (Å²) in [6, 6.07) is 7.72. The van der Waals surface area contributed by atoms with Crippen molar-refractivity contribution in [3.63, 3.8) is 0 Å². The van der Waals surface area contributed by atoms with Crippen molar-refractivity contribution in [3.8, 4) is 5.75 Å². The predicted octanol–water partition coefficient (Wildman–Crippen LogP) is 3.36. The van der Waals surface area contributed by atoms with Crippen LogP contribution in [0.2, 0.25) is 0 Å². The maximum Gasteiger partial charge on any atom is 0.275 e. The summed E-state index contributed by atoms with van der Waals surface area (Å²) in [6.07, 6.45) is 7.08. The molecule has 1 aliphatic rings. The van der Waals surface area contributed by atoms with E-state index in [0.29, 0.717) is 11.6 Å². The van der Waals surface area contributed by atoms with Crippen molar-refractivity contribution in [1.82, 2.24) is 19.8 Å². The van der Waals surface area contributed by atoms with Crippen LogP contribution in [0.1, 0.15) is 36.1 Å². The summed E-state index contributed by atoms with van der Waals surface area (Å²) in [4.78, 5) is 25.6. The van der Waals surface area contributed by atoms with Gasteiger partial charge in [-0.1, -0.05) is 19.1 Å². The summed E-state index contributed by atoms with van der Waals surface area (Å²) in [7, 11) is 0. The average molecular weight is 394 g/mol. The van der Waals surface area contributed by atoms with E-state index in [4.69, 9.17) is 9.15 Å². The average Bonchev–Trinajstić information content (AvgIpc) is 3.11. The summed E-state index contributed by atoms with van der Waals surface area (Å²) < 4.78 is 11.4. The van der Waals surface area contributed by atoms with Gasteiger partial charge in [0.1, 0.15) is 12.0 Å². The van der Waals surface area contributed by atoms with Gasteiger partial charge in [-0.25, -0.2) is 4.98 Å². The lowest BCUT2D eigenvalue weighted by molar-refractivity contribution is 0.0755. The maximum absolute atomic E-state index is 12.8. The smallest absolute Gasteiger partial charge is 0.275 e. The Kier molecular flexibility index (Phi) is 6.05. The van der Waals surface area contributed by atoms with Crippen LogP contribution in [0.5, 0.6) is 5.75 Å². The number of fused-ring (bicyclic) bond motifs is 1. The van der Waals surface area contributed by atoms with E-state index < -0.39 is 0 Å². The van der Waals surface area contributed by atoms with Crippen LogP contribution in [-0.4, -0.2) is 58.4 Å². The Morgan fingerprint density at radius 3 is 3.03 bits per heavy atom. The van der Waals surface area contributed by atoms with Gasteiger partial charge in [-0.15, -0.1) is 0 Å².